The Hall–Kier alpha value is -6.28. The van der Waals surface area contributed by atoms with E-state index in [1.807, 2.05) is 18.5 Å². The molecule has 21 heterocycles. The van der Waals surface area contributed by atoms with E-state index in [-0.39, 0.29) is 76.6 Å². The molecule has 12 saturated heterocycles. The number of hydrogen-bond donors (Lipinski definition) is 12. The number of aliphatic imine (C=N–C) groups is 1. The highest BCUT2D eigenvalue weighted by atomic mass is 35.5. The molecule has 0 radical (unpaired) electrons. The van der Waals surface area contributed by atoms with Crippen molar-refractivity contribution >= 4 is 191 Å². The topological polar surface area (TPSA) is 613 Å². The third-order valence-electron chi connectivity index (χ3n) is 24.0. The van der Waals surface area contributed by atoms with Crippen LogP contribution >= 0.6 is 51.8 Å². The van der Waals surface area contributed by atoms with Crippen molar-refractivity contribution in [2.75, 3.05) is 104 Å². The summed E-state index contributed by atoms with van der Waals surface area (Å²) in [6, 6.07) is 4.96. The number of nitrogens with two attached hydrogens (primary N) is 4. The van der Waals surface area contributed by atoms with Crippen LogP contribution in [0.4, 0.5) is 17.1 Å². The van der Waals surface area contributed by atoms with Crippen molar-refractivity contribution in [2.24, 2.45) is 10.7 Å². The van der Waals surface area contributed by atoms with Crippen molar-refractivity contribution in [1.82, 2.24) is 73.6 Å². The van der Waals surface area contributed by atoms with Gasteiger partial charge in [-0.2, -0.15) is 0 Å². The molecule has 6 aromatic rings. The number of aliphatic hydroxyl groups excluding tert-OH is 6. The monoisotopic (exact) mass is 2260 g/mol. The van der Waals surface area contributed by atoms with Crippen LogP contribution in [0.2, 0.25) is 5.28 Å². The predicted octanol–water partition coefficient (Wildman–Crippen LogP) is 5.04. The number of rotatable bonds is 20. The summed E-state index contributed by atoms with van der Waals surface area (Å²) in [5.41, 5.74) is 28.8. The maximum Gasteiger partial charge on any atom is 0.328 e. The number of nitrogens with zero attached hydrogens (tertiary/aromatic N) is 14. The van der Waals surface area contributed by atoms with Gasteiger partial charge in [-0.15, -0.1) is 19.7 Å². The molecular weight excluding hydrogens is 2150 g/mol. The van der Waals surface area contributed by atoms with Crippen LogP contribution in [0.15, 0.2) is 165 Å². The number of nitrogen functional groups attached to an aromatic ring is 3. The summed E-state index contributed by atoms with van der Waals surface area (Å²) < 4.78 is 136. The van der Waals surface area contributed by atoms with Crippen LogP contribution in [-0.4, -0.2) is 327 Å². The van der Waals surface area contributed by atoms with Crippen LogP contribution in [0, 0.1) is 0 Å². The molecule has 6 aromatic heterocycles. The number of carbonyl (C=O) groups excluding carboxylic acids is 2. The van der Waals surface area contributed by atoms with Gasteiger partial charge in [0.05, 0.1) is 89.2 Å². The average molecular weight is 2260 g/mol. The van der Waals surface area contributed by atoms with Crippen LogP contribution in [-0.2, 0) is 186 Å². The minimum absolute atomic E-state index is 0.127. The number of amidine groups is 1. The van der Waals surface area contributed by atoms with Crippen LogP contribution in [0.3, 0.4) is 0 Å². The zero-order chi connectivity index (χ0) is 103. The van der Waals surface area contributed by atoms with Gasteiger partial charge < -0.3 is 162 Å². The molecule has 0 aromatic carbocycles. The van der Waals surface area contributed by atoms with E-state index >= 15 is 0 Å². The highest BCUT2D eigenvalue weighted by molar-refractivity contribution is 8.09. The molecule has 64 heteroatoms. The number of ether oxygens (including phenoxy) is 6. The molecule has 0 bridgehead atoms. The Morgan fingerprint density at radius 2 is 0.799 bits per heavy atom. The van der Waals surface area contributed by atoms with E-state index < -0.39 is 187 Å². The van der Waals surface area contributed by atoms with Gasteiger partial charge >= 0.3 is 33.6 Å². The number of carbonyl (C=O) groups is 2. The summed E-state index contributed by atoms with van der Waals surface area (Å²) in [6.45, 7) is 15.4. The summed E-state index contributed by atoms with van der Waals surface area (Å²) in [6.07, 6.45) is 1.76. The van der Waals surface area contributed by atoms with Gasteiger partial charge in [0.15, 0.2) is 54.3 Å². The average Bonchev–Trinajstić information content (AvgIpc) is 1.55. The summed E-state index contributed by atoms with van der Waals surface area (Å²) in [4.78, 5) is 57.6. The second kappa shape index (κ2) is 45.7. The number of anilines is 3. The highest BCUT2D eigenvalue weighted by Gasteiger charge is 2.60. The van der Waals surface area contributed by atoms with Crippen molar-refractivity contribution in [3.05, 3.63) is 166 Å². The first kappa shape index (κ1) is 110. The zero-order valence-electron chi connectivity index (χ0n) is 77.5. The minimum atomic E-state index is -2.95. The van der Waals surface area contributed by atoms with E-state index in [4.69, 9.17) is 211 Å². The standard InChI is InChI=1S/C15H21ClN5O4PS.C14H17N4O5PS.C14H19N2O6PS.C13H18N3O5PS.C12H15N4O5PS.C12H17N2O6PS/c1-3-20(4-2)26(27)23-7-9-12(25-26)11(22)14(24-9)21-13-10(19-15(21)16)8(17)5-6-18-13;1-2-5-20-24(25)21-6-9-12(23-24)11(19)14(22-9)18-7-17-10-8(15)3-4-16-13(10)18;1-4-5-19-23(24)20-7-10-12(22-23)11(17)14(21-10)16-6-8(2)13(18)15-9(16)3;1-3-6-18-22(23)19-7-9-12(21-22)11(17)13(20-9)16-5-4-10(14)15-8(16)2;1-18-22(23)19-4-7-10(21-22)9(17)12(20-7)16-5-15-8-6(13)2-3-14-11(8)16;1-6-4-14(7(2)13-11(6)16)12-9(15)10-8(19-12)5-18-21(22,17-3)20-10/h5-6,9,11-12,14,22H,3-4,7H2,1-2H3,(H2,17,18);2-4,7,9,11-12,14,19H,1,5-6H2,(H2,15,16);4,6,10-12,14,17H,1,3,5,7H2,2H3,(H,15,18);3-5,9,11-13,17H,1-2,6-7H2,(H2,14,15);2-3,5,7,9-10,12,17H,4H2,1H3,(H2,13,14);4,8-10,12,15H,2,5H2,1,3H3,(H,13,16)/t9-,11?,12?,14-,26?;9-,11?,12?,14-,24?;10-,11?,12?,14-,23?;9-,11?,12?,13-,22?;7-,9?,10?,12-,22?;8-,9?,10?,12-,21?/m111111/s1. The lowest BCUT2D eigenvalue weighted by molar-refractivity contribution is -0.120. The molecule has 12 fully saturated rings. The van der Waals surface area contributed by atoms with E-state index in [2.05, 4.69) is 85.0 Å². The second-order valence-corrected chi connectivity index (χ2v) is 51.9. The summed E-state index contributed by atoms with van der Waals surface area (Å²) in [5, 5.41) is 69.4. The Kier molecular flexibility index (Phi) is 35.0. The van der Waals surface area contributed by atoms with Crippen molar-refractivity contribution in [3.8, 4) is 0 Å². The molecule has 0 spiro atoms. The summed E-state index contributed by atoms with van der Waals surface area (Å²) in [5.74, 6) is 0.872. The fraction of sp³-hybridized carbons (Fsp3) is 0.512. The number of aromatic nitrogens is 9. The molecule has 51 nitrogen and oxygen atoms in total. The highest BCUT2D eigenvalue weighted by Crippen LogP contribution is 2.63. The lowest BCUT2D eigenvalue weighted by Crippen LogP contribution is -2.47. The van der Waals surface area contributed by atoms with E-state index in [1.54, 1.807) is 117 Å². The SMILES string of the molecule is C=C1NC(=O)C(C)=CN1[C@@H]1O[C@@H]2COP(=S)(OC)OC2C1O.C=CCOP1(=S)OC[C@H]2O[C@@H](N3C=C(C)C(=O)NC3=C)C(O)C2O1.C=CCOP1(=S)OC[C@H]2O[C@@H](N3C=CC(N)=NC3=C)C(O)C2O1.C=CCOP1(=S)OC[C@H]2O[C@@H](n3cnc4c(N)ccnc43)C(O)C2O1.CCN(CC)P1(=S)OC[C@H]2O[C@@H](n3c(Cl)nc4c(N)ccnc43)C(O)C2O1.COP1(=S)OC[C@H]2O[C@@H](n3cnc4c(N)ccnc43)C(O)C2O1. The Bertz CT molecular complexity index is 6340. The molecule has 30 atom stereocenters. The number of hydrogen-bond acceptors (Lipinski definition) is 51. The number of imidazole rings is 3. The molecule has 144 heavy (non-hydrogen) atoms. The van der Waals surface area contributed by atoms with Crippen molar-refractivity contribution in [3.63, 3.8) is 0 Å². The van der Waals surface area contributed by atoms with Crippen molar-refractivity contribution in [1.29, 1.82) is 0 Å². The summed E-state index contributed by atoms with van der Waals surface area (Å²) >= 11 is 38.2. The number of nitrogens with one attached hydrogen (secondary N) is 2. The lowest BCUT2D eigenvalue weighted by Gasteiger charge is -2.39. The van der Waals surface area contributed by atoms with E-state index in [9.17, 15) is 40.2 Å². The molecular formula is C80H107ClN20O31P6S6. The van der Waals surface area contributed by atoms with E-state index in [0.29, 0.717) is 98.1 Å². The maximum absolute atomic E-state index is 11.6. The molecule has 2 amide bonds. The van der Waals surface area contributed by atoms with Gasteiger partial charge in [0, 0.05) is 75.6 Å². The molecule has 0 aliphatic carbocycles. The van der Waals surface area contributed by atoms with Gasteiger partial charge in [-0.1, -0.05) is 51.8 Å². The van der Waals surface area contributed by atoms with Gasteiger partial charge in [0.2, 0.25) is 5.28 Å². The third-order valence-corrected chi connectivity index (χ3v) is 39.6. The Labute approximate surface area is 859 Å². The van der Waals surface area contributed by atoms with E-state index in [0.717, 1.165) is 0 Å². The fourth-order valence-corrected chi connectivity index (χ4v) is 29.6. The van der Waals surface area contributed by atoms with Crippen molar-refractivity contribution < 1.29 is 146 Å². The molecule has 16 N–H and O–H groups in total. The molecule has 15 aliphatic heterocycles. The lowest BCUT2D eigenvalue weighted by atomic mass is 10.1. The van der Waals surface area contributed by atoms with Gasteiger partial charge in [-0.05, 0) is 121 Å². The Balaban J connectivity index is 0.000000124. The fourth-order valence-electron chi connectivity index (χ4n) is 16.8. The van der Waals surface area contributed by atoms with Gasteiger partial charge in [-0.25, -0.2) is 39.6 Å². The smallest absolute Gasteiger partial charge is 0.328 e. The van der Waals surface area contributed by atoms with Crippen molar-refractivity contribution in [2.45, 2.75) is 175 Å². The van der Waals surface area contributed by atoms with Gasteiger partial charge in [0.25, 0.3) is 18.5 Å². The Morgan fingerprint density at radius 1 is 0.472 bits per heavy atom. The number of aliphatic hydroxyl groups is 6. The first-order valence-corrected chi connectivity index (χ1v) is 59.9. The number of halogens is 1. The molecule has 18 unspecified atom stereocenters. The first-order chi connectivity index (χ1) is 68.6. The molecule has 786 valence electrons. The van der Waals surface area contributed by atoms with Crippen LogP contribution in [0.1, 0.15) is 46.4 Å². The number of pyridine rings is 3. The van der Waals surface area contributed by atoms with Crippen LogP contribution in [0.5, 0.6) is 0 Å². The van der Waals surface area contributed by atoms with Gasteiger partial charge in [-0.3, -0.25) is 45.9 Å². The van der Waals surface area contributed by atoms with E-state index in [1.165, 1.54) is 31.4 Å². The zero-order valence-corrected chi connectivity index (χ0v) is 88.5. The van der Waals surface area contributed by atoms with Crippen LogP contribution < -0.4 is 33.6 Å². The molecule has 15 aliphatic rings. The largest absolute Gasteiger partial charge is 0.397 e. The Morgan fingerprint density at radius 3 is 1.17 bits per heavy atom. The number of fused-ring (bicyclic) bond motifs is 9. The third kappa shape index (κ3) is 22.9. The number of amides is 2. The minimum Gasteiger partial charge on any atom is -0.397 e. The predicted molar refractivity (Wildman–Crippen MR) is 538 cm³/mol. The summed E-state index contributed by atoms with van der Waals surface area (Å²) in [7, 11) is 2.84. The van der Waals surface area contributed by atoms with Crippen LogP contribution in [0.25, 0.3) is 33.5 Å². The van der Waals surface area contributed by atoms with Gasteiger partial charge in [0.1, 0.15) is 150 Å². The maximum atomic E-state index is 11.6. The molecule has 0 saturated carbocycles. The normalized spacial score (nSPS) is 37.6. The molecule has 21 rings (SSSR count). The first-order valence-electron chi connectivity index (χ1n) is 44.1. The second-order valence-electron chi connectivity index (χ2n) is 33.2. The quantitative estimate of drug-likeness (QED) is 0.0352.